The standard InChI is InChI=1S/C14H14FNO4/c1-20-13(18)6-7-16-14(19)11-9-10(3-2-8-17)4-5-12(11)15/h4-5,9,17H,6-8H2,1H3,(H,16,19). The van der Waals surface area contributed by atoms with E-state index in [9.17, 15) is 14.0 Å². The van der Waals surface area contributed by atoms with Gasteiger partial charge in [-0.25, -0.2) is 4.39 Å². The number of esters is 1. The molecule has 0 bridgehead atoms. The summed E-state index contributed by atoms with van der Waals surface area (Å²) in [6, 6.07) is 3.81. The van der Waals surface area contributed by atoms with Crippen LogP contribution in [0.25, 0.3) is 0 Å². The quantitative estimate of drug-likeness (QED) is 0.620. The van der Waals surface area contributed by atoms with Gasteiger partial charge in [-0.05, 0) is 18.2 Å². The number of hydrogen-bond donors (Lipinski definition) is 2. The minimum atomic E-state index is -0.685. The van der Waals surface area contributed by atoms with Gasteiger partial charge >= 0.3 is 5.97 Å². The van der Waals surface area contributed by atoms with E-state index >= 15 is 0 Å². The van der Waals surface area contributed by atoms with Crippen molar-refractivity contribution in [2.24, 2.45) is 0 Å². The maximum atomic E-state index is 13.5. The number of methoxy groups -OCH3 is 1. The van der Waals surface area contributed by atoms with E-state index in [1.54, 1.807) is 0 Å². The zero-order valence-electron chi connectivity index (χ0n) is 10.9. The topological polar surface area (TPSA) is 75.6 Å². The van der Waals surface area contributed by atoms with Crippen LogP contribution in [0.3, 0.4) is 0 Å². The SMILES string of the molecule is COC(=O)CCNC(=O)c1cc(C#CCO)ccc1F. The molecule has 0 radical (unpaired) electrons. The first-order chi connectivity index (χ1) is 9.58. The first-order valence-corrected chi connectivity index (χ1v) is 5.82. The molecule has 1 aromatic carbocycles. The zero-order valence-corrected chi connectivity index (χ0v) is 10.9. The van der Waals surface area contributed by atoms with Gasteiger partial charge in [-0.15, -0.1) is 0 Å². The Morgan fingerprint density at radius 3 is 2.85 bits per heavy atom. The van der Waals surface area contributed by atoms with Crippen molar-refractivity contribution in [3.8, 4) is 11.8 Å². The van der Waals surface area contributed by atoms with Crippen LogP contribution < -0.4 is 5.32 Å². The Kier molecular flexibility index (Phi) is 6.20. The molecule has 0 aromatic heterocycles. The van der Waals surface area contributed by atoms with Crippen molar-refractivity contribution < 1.29 is 23.8 Å². The summed E-state index contributed by atoms with van der Waals surface area (Å²) in [6.45, 7) is -0.268. The molecule has 20 heavy (non-hydrogen) atoms. The van der Waals surface area contributed by atoms with Gasteiger partial charge in [-0.2, -0.15) is 0 Å². The largest absolute Gasteiger partial charge is 0.469 e. The molecular weight excluding hydrogens is 265 g/mol. The molecule has 2 N–H and O–H groups in total. The monoisotopic (exact) mass is 279 g/mol. The lowest BCUT2D eigenvalue weighted by Gasteiger charge is -2.06. The van der Waals surface area contributed by atoms with Crippen molar-refractivity contribution in [1.29, 1.82) is 0 Å². The summed E-state index contributed by atoms with van der Waals surface area (Å²) in [5, 5.41) is 11.0. The summed E-state index contributed by atoms with van der Waals surface area (Å²) in [7, 11) is 1.24. The summed E-state index contributed by atoms with van der Waals surface area (Å²) < 4.78 is 18.0. The van der Waals surface area contributed by atoms with E-state index in [4.69, 9.17) is 5.11 Å². The molecule has 0 unspecified atom stereocenters. The van der Waals surface area contributed by atoms with E-state index < -0.39 is 17.7 Å². The molecule has 0 saturated heterocycles. The minimum Gasteiger partial charge on any atom is -0.469 e. The molecular formula is C14H14FNO4. The highest BCUT2D eigenvalue weighted by atomic mass is 19.1. The molecule has 1 aromatic rings. The molecule has 0 aliphatic rings. The lowest BCUT2D eigenvalue weighted by Crippen LogP contribution is -2.27. The molecule has 1 amide bonds. The first kappa shape index (κ1) is 15.7. The summed E-state index contributed by atoms with van der Waals surface area (Å²) in [6.07, 6.45) is 0.00781. The van der Waals surface area contributed by atoms with Gasteiger partial charge in [-0.1, -0.05) is 11.8 Å². The van der Waals surface area contributed by atoms with E-state index in [1.165, 1.54) is 19.2 Å². The smallest absolute Gasteiger partial charge is 0.307 e. The first-order valence-electron chi connectivity index (χ1n) is 5.82. The molecule has 0 aliphatic carbocycles. The van der Waals surface area contributed by atoms with Gasteiger partial charge in [0.15, 0.2) is 0 Å². The fraction of sp³-hybridized carbons (Fsp3) is 0.286. The Morgan fingerprint density at radius 1 is 1.45 bits per heavy atom. The van der Waals surface area contributed by atoms with Gasteiger partial charge in [0, 0.05) is 12.1 Å². The number of halogens is 1. The summed E-state index contributed by atoms with van der Waals surface area (Å²) in [5.74, 6) is 3.20. The molecule has 1 rings (SSSR count). The highest BCUT2D eigenvalue weighted by molar-refractivity contribution is 5.95. The second kappa shape index (κ2) is 7.92. The fourth-order valence-corrected chi connectivity index (χ4v) is 1.39. The summed E-state index contributed by atoms with van der Waals surface area (Å²) in [4.78, 5) is 22.6. The van der Waals surface area contributed by atoms with E-state index in [1.807, 2.05) is 0 Å². The minimum absolute atomic E-state index is 0.00781. The van der Waals surface area contributed by atoms with E-state index in [2.05, 4.69) is 21.9 Å². The van der Waals surface area contributed by atoms with Crippen LogP contribution in [0.2, 0.25) is 0 Å². The Labute approximate surface area is 115 Å². The van der Waals surface area contributed by atoms with Gasteiger partial charge in [-0.3, -0.25) is 9.59 Å². The molecule has 0 fully saturated rings. The number of ether oxygens (including phenoxy) is 1. The highest BCUT2D eigenvalue weighted by Gasteiger charge is 2.12. The van der Waals surface area contributed by atoms with Crippen molar-refractivity contribution in [2.45, 2.75) is 6.42 Å². The molecule has 0 saturated carbocycles. The predicted octanol–water partition coefficient (Wildman–Crippen LogP) is 0.462. The van der Waals surface area contributed by atoms with E-state index in [0.29, 0.717) is 5.56 Å². The Hall–Kier alpha value is -2.39. The predicted molar refractivity (Wildman–Crippen MR) is 69.3 cm³/mol. The fourth-order valence-electron chi connectivity index (χ4n) is 1.39. The maximum Gasteiger partial charge on any atom is 0.307 e. The molecule has 0 aliphatic heterocycles. The van der Waals surface area contributed by atoms with Crippen molar-refractivity contribution >= 4 is 11.9 Å². The molecule has 106 valence electrons. The zero-order chi connectivity index (χ0) is 15.0. The van der Waals surface area contributed by atoms with Crippen LogP contribution in [0.4, 0.5) is 4.39 Å². The van der Waals surface area contributed by atoms with Crippen LogP contribution in [0.15, 0.2) is 18.2 Å². The molecule has 6 heteroatoms. The van der Waals surface area contributed by atoms with Gasteiger partial charge < -0.3 is 15.2 Å². The Bertz CT molecular complexity index is 560. The number of benzene rings is 1. The van der Waals surface area contributed by atoms with Crippen molar-refractivity contribution in [3.05, 3.63) is 35.1 Å². The number of hydrogen-bond acceptors (Lipinski definition) is 4. The molecule has 0 spiro atoms. The van der Waals surface area contributed by atoms with Crippen LogP contribution >= 0.6 is 0 Å². The third-order valence-electron chi connectivity index (χ3n) is 2.37. The van der Waals surface area contributed by atoms with Crippen LogP contribution in [0.1, 0.15) is 22.3 Å². The van der Waals surface area contributed by atoms with Crippen LogP contribution in [0.5, 0.6) is 0 Å². The average molecular weight is 279 g/mol. The number of amides is 1. The number of carbonyl (C=O) groups is 2. The van der Waals surface area contributed by atoms with Crippen LogP contribution in [-0.4, -0.2) is 37.2 Å². The third-order valence-corrected chi connectivity index (χ3v) is 2.37. The molecule has 5 nitrogen and oxygen atoms in total. The van der Waals surface area contributed by atoms with Crippen molar-refractivity contribution in [3.63, 3.8) is 0 Å². The second-order valence-electron chi connectivity index (χ2n) is 3.74. The van der Waals surface area contributed by atoms with Gasteiger partial charge in [0.1, 0.15) is 12.4 Å². The third kappa shape index (κ3) is 4.71. The van der Waals surface area contributed by atoms with E-state index in [-0.39, 0.29) is 25.1 Å². The van der Waals surface area contributed by atoms with Crippen LogP contribution in [0, 0.1) is 17.7 Å². The summed E-state index contributed by atoms with van der Waals surface area (Å²) >= 11 is 0. The second-order valence-corrected chi connectivity index (χ2v) is 3.74. The van der Waals surface area contributed by atoms with Gasteiger partial charge in [0.25, 0.3) is 5.91 Å². The Balaban J connectivity index is 2.74. The van der Waals surface area contributed by atoms with Gasteiger partial charge in [0.05, 0.1) is 19.1 Å². The highest BCUT2D eigenvalue weighted by Crippen LogP contribution is 2.10. The number of aliphatic hydroxyl groups excluding tert-OH is 1. The number of rotatable bonds is 4. The summed E-state index contributed by atoms with van der Waals surface area (Å²) in [5.41, 5.74) is 0.248. The van der Waals surface area contributed by atoms with E-state index in [0.717, 1.165) is 6.07 Å². The average Bonchev–Trinajstić information content (AvgIpc) is 2.45. The van der Waals surface area contributed by atoms with Crippen molar-refractivity contribution in [2.75, 3.05) is 20.3 Å². The number of carbonyl (C=O) groups excluding carboxylic acids is 2. The lowest BCUT2D eigenvalue weighted by atomic mass is 10.1. The van der Waals surface area contributed by atoms with Crippen LogP contribution in [-0.2, 0) is 9.53 Å². The number of aliphatic hydroxyl groups is 1. The lowest BCUT2D eigenvalue weighted by molar-refractivity contribution is -0.140. The molecule has 0 atom stereocenters. The maximum absolute atomic E-state index is 13.5. The Morgan fingerprint density at radius 2 is 2.20 bits per heavy atom. The molecule has 0 heterocycles. The normalized spacial score (nSPS) is 9.35. The van der Waals surface area contributed by atoms with Gasteiger partial charge in [0.2, 0.25) is 0 Å². The van der Waals surface area contributed by atoms with Crippen molar-refractivity contribution in [1.82, 2.24) is 5.32 Å². The number of nitrogens with one attached hydrogen (secondary N) is 1.